The smallest absolute Gasteiger partial charge is 0.306 e. The van der Waals surface area contributed by atoms with Gasteiger partial charge in [-0.2, -0.15) is 4.68 Å². The number of hydrogen-bond donors (Lipinski definition) is 1. The van der Waals surface area contributed by atoms with Gasteiger partial charge >= 0.3 is 5.97 Å². The Labute approximate surface area is 136 Å². The fourth-order valence-corrected chi connectivity index (χ4v) is 2.82. The van der Waals surface area contributed by atoms with E-state index in [1.807, 2.05) is 0 Å². The third-order valence-corrected chi connectivity index (χ3v) is 4.15. The molecule has 1 fully saturated rings. The first-order valence-electron chi connectivity index (χ1n) is 7.11. The Morgan fingerprint density at radius 3 is 2.61 bits per heavy atom. The normalized spacial score (nSPS) is 15.6. The van der Waals surface area contributed by atoms with Crippen LogP contribution in [0.1, 0.15) is 23.2 Å². The number of carboxylic acid groups (broad SMARTS) is 1. The molecule has 1 amide bonds. The van der Waals surface area contributed by atoms with Crippen molar-refractivity contribution in [2.45, 2.75) is 12.8 Å². The predicted octanol–water partition coefficient (Wildman–Crippen LogP) is 1.25. The summed E-state index contributed by atoms with van der Waals surface area (Å²) in [5.74, 6) is -1.41. The molecule has 0 radical (unpaired) electrons. The maximum absolute atomic E-state index is 12.8. The van der Waals surface area contributed by atoms with Crippen molar-refractivity contribution in [2.24, 2.45) is 5.92 Å². The molecule has 0 aliphatic carbocycles. The number of carboxylic acids is 1. The molecule has 3 rings (SSSR count). The lowest BCUT2D eigenvalue weighted by Crippen LogP contribution is -2.40. The number of aliphatic carboxylic acids is 1. The van der Waals surface area contributed by atoms with Crippen LogP contribution in [0.15, 0.2) is 24.5 Å². The summed E-state index contributed by atoms with van der Waals surface area (Å²) in [7, 11) is 0. The monoisotopic (exact) mass is 335 g/mol. The van der Waals surface area contributed by atoms with Gasteiger partial charge in [0.25, 0.3) is 5.91 Å². The van der Waals surface area contributed by atoms with Gasteiger partial charge in [0.1, 0.15) is 6.33 Å². The lowest BCUT2D eigenvalue weighted by atomic mass is 9.96. The third-order valence-electron chi connectivity index (χ3n) is 3.92. The van der Waals surface area contributed by atoms with Crippen molar-refractivity contribution in [3.63, 3.8) is 0 Å². The molecule has 9 heteroatoms. The second kappa shape index (κ2) is 6.33. The van der Waals surface area contributed by atoms with Crippen molar-refractivity contribution in [1.82, 2.24) is 25.1 Å². The molecule has 0 saturated carbocycles. The highest BCUT2D eigenvalue weighted by molar-refractivity contribution is 6.31. The number of carbonyl (C=O) groups excluding carboxylic acids is 1. The van der Waals surface area contributed by atoms with Crippen molar-refractivity contribution in [3.8, 4) is 5.69 Å². The number of halogens is 1. The lowest BCUT2D eigenvalue weighted by Gasteiger charge is -2.30. The number of nitrogens with zero attached hydrogens (tertiary/aromatic N) is 5. The van der Waals surface area contributed by atoms with E-state index in [4.69, 9.17) is 16.7 Å². The van der Waals surface area contributed by atoms with Crippen molar-refractivity contribution < 1.29 is 14.7 Å². The summed E-state index contributed by atoms with van der Waals surface area (Å²) < 4.78 is 1.40. The van der Waals surface area contributed by atoms with Gasteiger partial charge in [0, 0.05) is 18.1 Å². The van der Waals surface area contributed by atoms with Gasteiger partial charge in [-0.3, -0.25) is 9.59 Å². The van der Waals surface area contributed by atoms with Crippen LogP contribution in [0.5, 0.6) is 0 Å². The van der Waals surface area contributed by atoms with Gasteiger partial charge in [-0.15, -0.1) is 5.10 Å². The van der Waals surface area contributed by atoms with Crippen LogP contribution in [0.25, 0.3) is 5.69 Å². The fourth-order valence-electron chi connectivity index (χ4n) is 2.65. The first kappa shape index (κ1) is 15.4. The number of likely N-dealkylation sites (tertiary alicyclic amines) is 1. The highest BCUT2D eigenvalue weighted by Gasteiger charge is 2.28. The zero-order chi connectivity index (χ0) is 16.4. The quantitative estimate of drug-likeness (QED) is 0.906. The van der Waals surface area contributed by atoms with Gasteiger partial charge in [-0.1, -0.05) is 11.6 Å². The van der Waals surface area contributed by atoms with E-state index in [-0.39, 0.29) is 5.91 Å². The van der Waals surface area contributed by atoms with Gasteiger partial charge in [0.2, 0.25) is 0 Å². The summed E-state index contributed by atoms with van der Waals surface area (Å²) in [5.41, 5.74) is 0.920. The maximum atomic E-state index is 12.8. The number of piperidine rings is 1. The van der Waals surface area contributed by atoms with Crippen molar-refractivity contribution in [1.29, 1.82) is 0 Å². The number of carbonyl (C=O) groups is 2. The van der Waals surface area contributed by atoms with Crippen molar-refractivity contribution in [3.05, 3.63) is 35.1 Å². The van der Waals surface area contributed by atoms with E-state index in [9.17, 15) is 9.59 Å². The Bertz CT molecular complexity index is 726. The molecule has 0 unspecified atom stereocenters. The lowest BCUT2D eigenvalue weighted by molar-refractivity contribution is -0.143. The number of hydrogen-bond acceptors (Lipinski definition) is 5. The molecule has 1 saturated heterocycles. The van der Waals surface area contributed by atoms with Crippen LogP contribution in [-0.2, 0) is 4.79 Å². The molecule has 1 aliphatic heterocycles. The molecule has 1 N–H and O–H groups in total. The number of amides is 1. The van der Waals surface area contributed by atoms with E-state index < -0.39 is 11.9 Å². The minimum absolute atomic E-state index is 0.207. The number of aromatic nitrogens is 4. The summed E-state index contributed by atoms with van der Waals surface area (Å²) >= 11 is 6.02. The Morgan fingerprint density at radius 2 is 2.00 bits per heavy atom. The largest absolute Gasteiger partial charge is 0.481 e. The molecule has 1 aromatic carbocycles. The molecule has 0 bridgehead atoms. The minimum atomic E-state index is -0.811. The molecule has 0 spiro atoms. The number of tetrazole rings is 1. The van der Waals surface area contributed by atoms with Crippen LogP contribution in [0.4, 0.5) is 0 Å². The van der Waals surface area contributed by atoms with Crippen LogP contribution in [0.2, 0.25) is 5.02 Å². The predicted molar refractivity (Wildman–Crippen MR) is 80.4 cm³/mol. The maximum Gasteiger partial charge on any atom is 0.306 e. The average molecular weight is 336 g/mol. The van der Waals surface area contributed by atoms with Gasteiger partial charge in [0.05, 0.1) is 17.2 Å². The second-order valence-corrected chi connectivity index (χ2v) is 5.76. The molecular formula is C14H14ClN5O3. The van der Waals surface area contributed by atoms with Gasteiger partial charge in [-0.05, 0) is 41.5 Å². The van der Waals surface area contributed by atoms with E-state index in [1.54, 1.807) is 23.1 Å². The van der Waals surface area contributed by atoms with Crippen LogP contribution >= 0.6 is 11.6 Å². The molecule has 120 valence electrons. The first-order valence-corrected chi connectivity index (χ1v) is 7.49. The van der Waals surface area contributed by atoms with Gasteiger partial charge in [-0.25, -0.2) is 0 Å². The zero-order valence-electron chi connectivity index (χ0n) is 12.1. The van der Waals surface area contributed by atoms with E-state index in [1.165, 1.54) is 11.0 Å². The Kier molecular flexibility index (Phi) is 4.24. The van der Waals surface area contributed by atoms with Crippen LogP contribution in [0, 0.1) is 5.92 Å². The van der Waals surface area contributed by atoms with Gasteiger partial charge in [0.15, 0.2) is 0 Å². The summed E-state index contributed by atoms with van der Waals surface area (Å²) in [5, 5.41) is 20.4. The van der Waals surface area contributed by atoms with E-state index >= 15 is 0 Å². The highest BCUT2D eigenvalue weighted by Crippen LogP contribution is 2.24. The molecule has 1 aromatic heterocycles. The molecule has 23 heavy (non-hydrogen) atoms. The minimum Gasteiger partial charge on any atom is -0.481 e. The van der Waals surface area contributed by atoms with E-state index in [0.29, 0.717) is 42.2 Å². The molecule has 2 aromatic rings. The Hall–Kier alpha value is -2.48. The molecule has 2 heterocycles. The van der Waals surface area contributed by atoms with Crippen molar-refractivity contribution in [2.75, 3.05) is 13.1 Å². The molecular weight excluding hydrogens is 322 g/mol. The molecule has 1 aliphatic rings. The molecule has 0 atom stereocenters. The zero-order valence-corrected chi connectivity index (χ0v) is 12.8. The van der Waals surface area contributed by atoms with Crippen LogP contribution in [-0.4, -0.2) is 55.2 Å². The molecule has 8 nitrogen and oxygen atoms in total. The SMILES string of the molecule is O=C(O)C1CCN(C(=O)c2cc(Cl)ccc2-n2cnnn2)CC1. The van der Waals surface area contributed by atoms with Crippen LogP contribution < -0.4 is 0 Å². The summed E-state index contributed by atoms with van der Waals surface area (Å²) in [6.07, 6.45) is 2.29. The Morgan fingerprint density at radius 1 is 1.26 bits per heavy atom. The van der Waals surface area contributed by atoms with Crippen molar-refractivity contribution >= 4 is 23.5 Å². The average Bonchev–Trinajstić information content (AvgIpc) is 3.08. The standard InChI is InChI=1S/C14H14ClN5O3/c15-10-1-2-12(20-8-16-17-18-20)11(7-10)13(21)19-5-3-9(4-6-19)14(22)23/h1-2,7-9H,3-6H2,(H,22,23). The topological polar surface area (TPSA) is 101 Å². The summed E-state index contributed by atoms with van der Waals surface area (Å²) in [4.78, 5) is 25.4. The summed E-state index contributed by atoms with van der Waals surface area (Å²) in [6.45, 7) is 0.800. The fraction of sp³-hybridized carbons (Fsp3) is 0.357. The number of rotatable bonds is 3. The Balaban J connectivity index is 1.85. The number of benzene rings is 1. The van der Waals surface area contributed by atoms with E-state index in [2.05, 4.69) is 15.5 Å². The van der Waals surface area contributed by atoms with E-state index in [0.717, 1.165) is 0 Å². The summed E-state index contributed by atoms with van der Waals surface area (Å²) in [6, 6.07) is 4.91. The highest BCUT2D eigenvalue weighted by atomic mass is 35.5. The second-order valence-electron chi connectivity index (χ2n) is 5.32. The van der Waals surface area contributed by atoms with Crippen LogP contribution in [0.3, 0.4) is 0 Å². The third kappa shape index (κ3) is 3.16. The van der Waals surface area contributed by atoms with Gasteiger partial charge < -0.3 is 10.0 Å². The first-order chi connectivity index (χ1) is 11.1.